The lowest BCUT2D eigenvalue weighted by Gasteiger charge is -2.36. The van der Waals surface area contributed by atoms with Crippen LogP contribution in [0.25, 0.3) is 0 Å². The molecule has 1 aliphatic rings. The molecule has 0 saturated carbocycles. The van der Waals surface area contributed by atoms with Crippen LogP contribution in [-0.2, 0) is 6.54 Å². The number of nitrogens with zero attached hydrogens (tertiary/aromatic N) is 2. The molecule has 1 heterocycles. The van der Waals surface area contributed by atoms with Gasteiger partial charge in [-0.15, -0.1) is 0 Å². The number of rotatable bonds is 6. The van der Waals surface area contributed by atoms with Gasteiger partial charge in [0.05, 0.1) is 0 Å². The third-order valence-electron chi connectivity index (χ3n) is 4.18. The summed E-state index contributed by atoms with van der Waals surface area (Å²) in [5.41, 5.74) is 0.694. The van der Waals surface area contributed by atoms with E-state index in [4.69, 9.17) is 5.11 Å². The zero-order chi connectivity index (χ0) is 15.2. The van der Waals surface area contributed by atoms with Gasteiger partial charge in [0, 0.05) is 31.8 Å². The fourth-order valence-electron chi connectivity index (χ4n) is 2.98. The van der Waals surface area contributed by atoms with Crippen LogP contribution >= 0.6 is 0 Å². The highest BCUT2D eigenvalue weighted by molar-refractivity contribution is 5.17. The number of hydrogen-bond acceptors (Lipinski definition) is 3. The number of hydrogen-bond donors (Lipinski definition) is 1. The van der Waals surface area contributed by atoms with Crippen LogP contribution in [0.15, 0.2) is 18.2 Å². The molecule has 1 saturated heterocycles. The molecule has 1 fully saturated rings. The molecule has 0 aromatic heterocycles. The van der Waals surface area contributed by atoms with Crippen molar-refractivity contribution in [1.29, 1.82) is 0 Å². The van der Waals surface area contributed by atoms with E-state index in [0.717, 1.165) is 45.0 Å². The van der Waals surface area contributed by atoms with Crippen LogP contribution in [0.5, 0.6) is 0 Å². The first kappa shape index (κ1) is 16.3. The van der Waals surface area contributed by atoms with Crippen molar-refractivity contribution in [3.05, 3.63) is 35.4 Å². The molecule has 5 heteroatoms. The van der Waals surface area contributed by atoms with Gasteiger partial charge in [0.15, 0.2) is 0 Å². The van der Waals surface area contributed by atoms with Gasteiger partial charge in [-0.2, -0.15) is 0 Å². The summed E-state index contributed by atoms with van der Waals surface area (Å²) < 4.78 is 26.4. The highest BCUT2D eigenvalue weighted by atomic mass is 19.1. The molecule has 1 aliphatic heterocycles. The summed E-state index contributed by atoms with van der Waals surface area (Å²) in [6, 6.07) is 4.26. The molecule has 1 aromatic carbocycles. The van der Waals surface area contributed by atoms with E-state index >= 15 is 0 Å². The first-order chi connectivity index (χ1) is 10.1. The van der Waals surface area contributed by atoms with E-state index in [2.05, 4.69) is 16.8 Å². The van der Waals surface area contributed by atoms with Crippen molar-refractivity contribution in [3.63, 3.8) is 0 Å². The average Bonchev–Trinajstić information content (AvgIpc) is 2.44. The van der Waals surface area contributed by atoms with Gasteiger partial charge in [-0.05, 0) is 57.1 Å². The minimum atomic E-state index is -0.511. The number of halogens is 2. The highest BCUT2D eigenvalue weighted by Gasteiger charge is 2.22. The molecular weight excluding hydrogens is 274 g/mol. The SMILES string of the molecule is CN(CCCO)C1CCN(Cc2cc(F)cc(F)c2)CC1. The summed E-state index contributed by atoms with van der Waals surface area (Å²) in [5.74, 6) is -1.02. The first-order valence-corrected chi connectivity index (χ1v) is 7.57. The molecule has 1 N–H and O–H groups in total. The lowest BCUT2D eigenvalue weighted by Crippen LogP contribution is -2.43. The van der Waals surface area contributed by atoms with Crippen LogP contribution in [0.2, 0.25) is 0 Å². The Bertz CT molecular complexity index is 428. The Hall–Kier alpha value is -1.04. The van der Waals surface area contributed by atoms with Crippen LogP contribution in [0.3, 0.4) is 0 Å². The van der Waals surface area contributed by atoms with Gasteiger partial charge in [0.25, 0.3) is 0 Å². The van der Waals surface area contributed by atoms with Gasteiger partial charge in [0.1, 0.15) is 11.6 Å². The van der Waals surface area contributed by atoms with Crippen LogP contribution in [-0.4, -0.2) is 54.2 Å². The van der Waals surface area contributed by atoms with Crippen molar-refractivity contribution in [2.24, 2.45) is 0 Å². The second-order valence-corrected chi connectivity index (χ2v) is 5.84. The van der Waals surface area contributed by atoms with E-state index in [9.17, 15) is 8.78 Å². The topological polar surface area (TPSA) is 26.7 Å². The third kappa shape index (κ3) is 5.02. The van der Waals surface area contributed by atoms with E-state index in [1.807, 2.05) is 0 Å². The number of benzene rings is 1. The summed E-state index contributed by atoms with van der Waals surface area (Å²) in [4.78, 5) is 4.54. The van der Waals surface area contributed by atoms with E-state index in [1.165, 1.54) is 12.1 Å². The lowest BCUT2D eigenvalue weighted by atomic mass is 10.0. The van der Waals surface area contributed by atoms with Gasteiger partial charge < -0.3 is 10.0 Å². The number of aliphatic hydroxyl groups excluding tert-OH is 1. The number of aliphatic hydroxyl groups is 1. The normalized spacial score (nSPS) is 17.6. The summed E-state index contributed by atoms with van der Waals surface area (Å²) in [6.07, 6.45) is 2.92. The summed E-state index contributed by atoms with van der Waals surface area (Å²) in [7, 11) is 2.10. The summed E-state index contributed by atoms with van der Waals surface area (Å²) in [6.45, 7) is 3.62. The Morgan fingerprint density at radius 3 is 2.38 bits per heavy atom. The van der Waals surface area contributed by atoms with Crippen molar-refractivity contribution < 1.29 is 13.9 Å². The Labute approximate surface area is 125 Å². The lowest BCUT2D eigenvalue weighted by molar-refractivity contribution is 0.117. The largest absolute Gasteiger partial charge is 0.396 e. The molecule has 1 aromatic rings. The summed E-state index contributed by atoms with van der Waals surface area (Å²) in [5, 5.41) is 8.87. The Kier molecular flexibility index (Phi) is 6.08. The van der Waals surface area contributed by atoms with Crippen molar-refractivity contribution in [2.45, 2.75) is 31.8 Å². The predicted molar refractivity (Wildman–Crippen MR) is 79.0 cm³/mol. The third-order valence-corrected chi connectivity index (χ3v) is 4.18. The van der Waals surface area contributed by atoms with E-state index in [0.29, 0.717) is 18.2 Å². The van der Waals surface area contributed by atoms with Gasteiger partial charge in [0.2, 0.25) is 0 Å². The Morgan fingerprint density at radius 2 is 1.81 bits per heavy atom. The van der Waals surface area contributed by atoms with Crippen molar-refractivity contribution in [2.75, 3.05) is 33.3 Å². The van der Waals surface area contributed by atoms with Gasteiger partial charge in [-0.1, -0.05) is 0 Å². The first-order valence-electron chi connectivity index (χ1n) is 7.57. The van der Waals surface area contributed by atoms with Crippen LogP contribution in [0.1, 0.15) is 24.8 Å². The maximum absolute atomic E-state index is 13.2. The minimum Gasteiger partial charge on any atom is -0.396 e. The fourth-order valence-corrected chi connectivity index (χ4v) is 2.98. The van der Waals surface area contributed by atoms with Crippen molar-refractivity contribution in [3.8, 4) is 0 Å². The van der Waals surface area contributed by atoms with Crippen molar-refractivity contribution in [1.82, 2.24) is 9.80 Å². The monoisotopic (exact) mass is 298 g/mol. The summed E-state index contributed by atoms with van der Waals surface area (Å²) >= 11 is 0. The van der Waals surface area contributed by atoms with E-state index in [-0.39, 0.29) is 6.61 Å². The standard InChI is InChI=1S/C16H24F2N2O/c1-19(5-2-8-21)16-3-6-20(7-4-16)12-13-9-14(17)11-15(18)10-13/h9-11,16,21H,2-8,12H2,1H3. The van der Waals surface area contributed by atoms with Gasteiger partial charge in [-0.25, -0.2) is 8.78 Å². The number of likely N-dealkylation sites (tertiary alicyclic amines) is 1. The molecular formula is C16H24F2N2O. The smallest absolute Gasteiger partial charge is 0.126 e. The molecule has 21 heavy (non-hydrogen) atoms. The molecule has 0 aliphatic carbocycles. The van der Waals surface area contributed by atoms with Crippen LogP contribution in [0.4, 0.5) is 8.78 Å². The molecule has 0 atom stereocenters. The Balaban J connectivity index is 1.81. The molecule has 0 spiro atoms. The highest BCUT2D eigenvalue weighted by Crippen LogP contribution is 2.18. The minimum absolute atomic E-state index is 0.230. The maximum atomic E-state index is 13.2. The molecule has 0 bridgehead atoms. The fraction of sp³-hybridized carbons (Fsp3) is 0.625. The van der Waals surface area contributed by atoms with Crippen molar-refractivity contribution >= 4 is 0 Å². The second kappa shape index (κ2) is 7.82. The van der Waals surface area contributed by atoms with Gasteiger partial charge >= 0.3 is 0 Å². The molecule has 2 rings (SSSR count). The second-order valence-electron chi connectivity index (χ2n) is 5.84. The molecule has 3 nitrogen and oxygen atoms in total. The van der Waals surface area contributed by atoms with Crippen LogP contribution < -0.4 is 0 Å². The Morgan fingerprint density at radius 1 is 1.19 bits per heavy atom. The molecule has 0 amide bonds. The molecule has 118 valence electrons. The maximum Gasteiger partial charge on any atom is 0.126 e. The zero-order valence-electron chi connectivity index (χ0n) is 12.6. The quantitative estimate of drug-likeness (QED) is 0.872. The molecule has 0 radical (unpaired) electrons. The molecule has 0 unspecified atom stereocenters. The number of piperidine rings is 1. The average molecular weight is 298 g/mol. The predicted octanol–water partition coefficient (Wildman–Crippen LogP) is 2.24. The zero-order valence-corrected chi connectivity index (χ0v) is 12.6. The van der Waals surface area contributed by atoms with E-state index in [1.54, 1.807) is 0 Å². The van der Waals surface area contributed by atoms with E-state index < -0.39 is 11.6 Å². The van der Waals surface area contributed by atoms with Gasteiger partial charge in [-0.3, -0.25) is 4.90 Å². The van der Waals surface area contributed by atoms with Crippen LogP contribution in [0, 0.1) is 11.6 Å².